The summed E-state index contributed by atoms with van der Waals surface area (Å²) in [6.45, 7) is 1.55. The van der Waals surface area contributed by atoms with Gasteiger partial charge in [0.05, 0.1) is 5.25 Å². The lowest BCUT2D eigenvalue weighted by Crippen LogP contribution is -2.15. The van der Waals surface area contributed by atoms with Crippen molar-refractivity contribution in [2.45, 2.75) is 37.4 Å². The van der Waals surface area contributed by atoms with Crippen molar-refractivity contribution in [2.75, 3.05) is 0 Å². The van der Waals surface area contributed by atoms with Crippen LogP contribution in [0.5, 0.6) is 5.75 Å². The minimum Gasteiger partial charge on any atom is -0.435 e. The van der Waals surface area contributed by atoms with E-state index in [0.717, 1.165) is 11.4 Å². The fraction of sp³-hybridized carbons (Fsp3) is 0.250. The van der Waals surface area contributed by atoms with E-state index in [1.165, 1.54) is 36.0 Å². The normalized spacial score (nSPS) is 12.2. The molecular formula is C20H19F2N3O2S. The highest BCUT2D eigenvalue weighted by atomic mass is 32.2. The predicted molar refractivity (Wildman–Crippen MR) is 104 cm³/mol. The zero-order valence-corrected chi connectivity index (χ0v) is 16.2. The quantitative estimate of drug-likeness (QED) is 0.394. The Balaban J connectivity index is 1.75. The number of benzene rings is 2. The van der Waals surface area contributed by atoms with Crippen molar-refractivity contribution in [1.82, 2.24) is 14.8 Å². The number of hydrogen-bond acceptors (Lipinski definition) is 5. The van der Waals surface area contributed by atoms with Gasteiger partial charge in [-0.3, -0.25) is 4.79 Å². The molecule has 0 aliphatic heterocycles. The van der Waals surface area contributed by atoms with E-state index in [2.05, 4.69) is 14.9 Å². The van der Waals surface area contributed by atoms with Crippen LogP contribution >= 0.6 is 11.8 Å². The van der Waals surface area contributed by atoms with Crippen LogP contribution in [-0.4, -0.2) is 32.4 Å². The number of halogens is 2. The van der Waals surface area contributed by atoms with Gasteiger partial charge in [-0.15, -0.1) is 10.2 Å². The Morgan fingerprint density at radius 1 is 1.11 bits per heavy atom. The van der Waals surface area contributed by atoms with E-state index in [1.807, 2.05) is 41.8 Å². The first-order chi connectivity index (χ1) is 13.5. The summed E-state index contributed by atoms with van der Waals surface area (Å²) in [7, 11) is 0. The molecule has 3 rings (SSSR count). The van der Waals surface area contributed by atoms with Crippen LogP contribution in [0.4, 0.5) is 8.78 Å². The molecule has 2 aromatic carbocycles. The summed E-state index contributed by atoms with van der Waals surface area (Å²) < 4.78 is 30.7. The van der Waals surface area contributed by atoms with Gasteiger partial charge in [0.2, 0.25) is 0 Å². The van der Waals surface area contributed by atoms with Gasteiger partial charge < -0.3 is 9.30 Å². The summed E-state index contributed by atoms with van der Waals surface area (Å²) >= 11 is 1.32. The monoisotopic (exact) mass is 403 g/mol. The molecule has 0 aliphatic rings. The van der Waals surface area contributed by atoms with E-state index in [-0.39, 0.29) is 11.5 Å². The number of aromatic nitrogens is 3. The number of Topliss-reactive ketones (excluding diaryl/α,β-unsaturated/α-hetero) is 1. The molecule has 146 valence electrons. The summed E-state index contributed by atoms with van der Waals surface area (Å²) in [5.41, 5.74) is 1.38. The van der Waals surface area contributed by atoms with Crippen molar-refractivity contribution in [3.8, 4) is 17.1 Å². The number of hydrogen-bond donors (Lipinski definition) is 0. The smallest absolute Gasteiger partial charge is 0.387 e. The summed E-state index contributed by atoms with van der Waals surface area (Å²) in [6, 6.07) is 15.4. The average Bonchev–Trinajstić information content (AvgIpc) is 3.10. The fourth-order valence-electron chi connectivity index (χ4n) is 2.71. The largest absolute Gasteiger partial charge is 0.435 e. The Hall–Kier alpha value is -2.74. The molecule has 0 aliphatic carbocycles. The zero-order valence-electron chi connectivity index (χ0n) is 15.4. The summed E-state index contributed by atoms with van der Waals surface area (Å²) in [6.07, 6.45) is 0. The first-order valence-corrected chi connectivity index (χ1v) is 9.62. The standard InChI is InChI=1S/C20H19F2N3O2S/c1-3-25-18(15-7-5-4-6-8-15)23-24-20(25)28-13(2)17(26)14-9-11-16(12-10-14)27-19(21)22/h4-13,19H,3H2,1-2H3/t13-/m1/s1. The van der Waals surface area contributed by atoms with Crippen LogP contribution < -0.4 is 4.74 Å². The Morgan fingerprint density at radius 2 is 1.79 bits per heavy atom. The molecule has 5 nitrogen and oxygen atoms in total. The van der Waals surface area contributed by atoms with Crippen molar-refractivity contribution in [1.29, 1.82) is 0 Å². The third-order valence-corrected chi connectivity index (χ3v) is 5.16. The van der Waals surface area contributed by atoms with Crippen molar-refractivity contribution in [3.63, 3.8) is 0 Å². The number of rotatable bonds is 8. The maximum absolute atomic E-state index is 12.7. The lowest BCUT2D eigenvalue weighted by molar-refractivity contribution is -0.0498. The Bertz CT molecular complexity index is 930. The van der Waals surface area contributed by atoms with Crippen LogP contribution in [0.15, 0.2) is 59.8 Å². The van der Waals surface area contributed by atoms with Crippen molar-refractivity contribution >= 4 is 17.5 Å². The van der Waals surface area contributed by atoms with Crippen molar-refractivity contribution in [3.05, 3.63) is 60.2 Å². The molecule has 0 unspecified atom stereocenters. The van der Waals surface area contributed by atoms with Gasteiger partial charge in [-0.2, -0.15) is 8.78 Å². The van der Waals surface area contributed by atoms with E-state index in [0.29, 0.717) is 17.3 Å². The van der Waals surface area contributed by atoms with E-state index in [4.69, 9.17) is 0 Å². The van der Waals surface area contributed by atoms with E-state index in [1.54, 1.807) is 6.92 Å². The lowest BCUT2D eigenvalue weighted by Gasteiger charge is -2.12. The number of ketones is 1. The van der Waals surface area contributed by atoms with Crippen LogP contribution in [0.3, 0.4) is 0 Å². The third-order valence-electron chi connectivity index (χ3n) is 4.08. The Morgan fingerprint density at radius 3 is 2.39 bits per heavy atom. The molecule has 1 atom stereocenters. The van der Waals surface area contributed by atoms with Gasteiger partial charge in [0.1, 0.15) is 5.75 Å². The van der Waals surface area contributed by atoms with Gasteiger partial charge in [0.25, 0.3) is 0 Å². The highest BCUT2D eigenvalue weighted by Crippen LogP contribution is 2.28. The molecule has 0 radical (unpaired) electrons. The fourth-order valence-corrected chi connectivity index (χ4v) is 3.70. The third kappa shape index (κ3) is 4.56. The molecular weight excluding hydrogens is 384 g/mol. The molecule has 0 amide bonds. The maximum Gasteiger partial charge on any atom is 0.387 e. The lowest BCUT2D eigenvalue weighted by atomic mass is 10.1. The average molecular weight is 403 g/mol. The molecule has 1 aromatic heterocycles. The molecule has 3 aromatic rings. The van der Waals surface area contributed by atoms with E-state index in [9.17, 15) is 13.6 Å². The molecule has 0 spiro atoms. The minimum atomic E-state index is -2.89. The molecule has 0 N–H and O–H groups in total. The number of ether oxygens (including phenoxy) is 1. The van der Waals surface area contributed by atoms with Gasteiger partial charge in [0, 0.05) is 17.7 Å². The molecule has 0 saturated carbocycles. The molecule has 1 heterocycles. The summed E-state index contributed by atoms with van der Waals surface area (Å²) in [5.74, 6) is 0.643. The maximum atomic E-state index is 12.7. The highest BCUT2D eigenvalue weighted by Gasteiger charge is 2.21. The van der Waals surface area contributed by atoms with Crippen molar-refractivity contribution in [2.24, 2.45) is 0 Å². The molecule has 0 fully saturated rings. The zero-order chi connectivity index (χ0) is 20.1. The van der Waals surface area contributed by atoms with Crippen LogP contribution in [0.2, 0.25) is 0 Å². The number of nitrogens with zero attached hydrogens (tertiary/aromatic N) is 3. The second-order valence-electron chi connectivity index (χ2n) is 5.94. The topological polar surface area (TPSA) is 57.0 Å². The Labute approximate surface area is 165 Å². The van der Waals surface area contributed by atoms with E-state index < -0.39 is 11.9 Å². The van der Waals surface area contributed by atoms with Crippen molar-refractivity contribution < 1.29 is 18.3 Å². The second kappa shape index (κ2) is 8.97. The molecule has 0 bridgehead atoms. The van der Waals surface area contributed by atoms with Crippen LogP contribution in [0.25, 0.3) is 11.4 Å². The number of carbonyl (C=O) groups is 1. The number of carbonyl (C=O) groups excluding carboxylic acids is 1. The van der Waals surface area contributed by atoms with Crippen LogP contribution in [0.1, 0.15) is 24.2 Å². The number of alkyl halides is 2. The molecule has 0 saturated heterocycles. The summed E-state index contributed by atoms with van der Waals surface area (Å²) in [4.78, 5) is 12.7. The van der Waals surface area contributed by atoms with Gasteiger partial charge in [-0.05, 0) is 38.1 Å². The van der Waals surface area contributed by atoms with Gasteiger partial charge in [0.15, 0.2) is 16.8 Å². The Kier molecular flexibility index (Phi) is 6.41. The van der Waals surface area contributed by atoms with Gasteiger partial charge in [-0.25, -0.2) is 0 Å². The number of thioether (sulfide) groups is 1. The highest BCUT2D eigenvalue weighted by molar-refractivity contribution is 8.00. The second-order valence-corrected chi connectivity index (χ2v) is 7.25. The van der Waals surface area contributed by atoms with Gasteiger partial charge in [-0.1, -0.05) is 42.1 Å². The van der Waals surface area contributed by atoms with Gasteiger partial charge >= 0.3 is 6.61 Å². The first-order valence-electron chi connectivity index (χ1n) is 8.74. The van der Waals surface area contributed by atoms with Crippen LogP contribution in [-0.2, 0) is 6.54 Å². The molecule has 8 heteroatoms. The first kappa shape index (κ1) is 20.0. The SMILES string of the molecule is CCn1c(S[C@H](C)C(=O)c2ccc(OC(F)F)cc2)nnc1-c1ccccc1. The van der Waals surface area contributed by atoms with E-state index >= 15 is 0 Å². The minimum absolute atomic E-state index is 0.0186. The summed E-state index contributed by atoms with van der Waals surface area (Å²) in [5, 5.41) is 8.76. The molecule has 28 heavy (non-hydrogen) atoms. The predicted octanol–water partition coefficient (Wildman–Crippen LogP) is 4.93. The van der Waals surface area contributed by atoms with Crippen LogP contribution in [0, 0.1) is 0 Å².